The SMILES string of the molecule is COC(=O)c1ccc2c3ncc(-c4c(C)nnn4C)cc3n(C3CC=CC3)c2c1. The van der Waals surface area contributed by atoms with Gasteiger partial charge in [-0.25, -0.2) is 9.48 Å². The molecule has 0 amide bonds. The van der Waals surface area contributed by atoms with Gasteiger partial charge in [0.15, 0.2) is 0 Å². The van der Waals surface area contributed by atoms with Crippen molar-refractivity contribution >= 4 is 27.9 Å². The second kappa shape index (κ2) is 6.55. The van der Waals surface area contributed by atoms with Gasteiger partial charge in [-0.2, -0.15) is 0 Å². The predicted octanol–water partition coefficient (Wildman–Crippen LogP) is 3.97. The second-order valence-electron chi connectivity index (χ2n) is 7.43. The molecule has 1 aliphatic rings. The molecule has 0 spiro atoms. The molecule has 5 rings (SSSR count). The van der Waals surface area contributed by atoms with Crippen molar-refractivity contribution in [3.8, 4) is 11.3 Å². The van der Waals surface area contributed by atoms with Gasteiger partial charge in [-0.15, -0.1) is 5.10 Å². The highest BCUT2D eigenvalue weighted by Crippen LogP contribution is 2.37. The Bertz CT molecular complexity index is 1270. The molecule has 4 aromatic rings. The maximum Gasteiger partial charge on any atom is 0.337 e. The molecule has 3 heterocycles. The third-order valence-electron chi connectivity index (χ3n) is 5.68. The van der Waals surface area contributed by atoms with E-state index < -0.39 is 0 Å². The van der Waals surface area contributed by atoms with Gasteiger partial charge >= 0.3 is 5.97 Å². The summed E-state index contributed by atoms with van der Waals surface area (Å²) in [5.41, 5.74) is 6.32. The van der Waals surface area contributed by atoms with Crippen LogP contribution in [0.4, 0.5) is 0 Å². The van der Waals surface area contributed by atoms with Gasteiger partial charge in [0.05, 0.1) is 40.6 Å². The van der Waals surface area contributed by atoms with Crippen molar-refractivity contribution in [2.24, 2.45) is 7.05 Å². The van der Waals surface area contributed by atoms with Crippen molar-refractivity contribution in [1.82, 2.24) is 24.5 Å². The summed E-state index contributed by atoms with van der Waals surface area (Å²) in [7, 11) is 3.29. The fraction of sp³-hybridized carbons (Fsp3) is 0.273. The van der Waals surface area contributed by atoms with Crippen molar-refractivity contribution in [3.63, 3.8) is 0 Å². The largest absolute Gasteiger partial charge is 0.465 e. The number of carbonyl (C=O) groups excluding carboxylic acids is 1. The van der Waals surface area contributed by atoms with Crippen molar-refractivity contribution < 1.29 is 9.53 Å². The molecule has 146 valence electrons. The summed E-state index contributed by atoms with van der Waals surface area (Å²) < 4.78 is 9.01. The summed E-state index contributed by atoms with van der Waals surface area (Å²) in [6.45, 7) is 1.95. The average Bonchev–Trinajstić information content (AvgIpc) is 3.44. The first-order valence-electron chi connectivity index (χ1n) is 9.62. The smallest absolute Gasteiger partial charge is 0.337 e. The molecule has 0 fully saturated rings. The number of ether oxygens (including phenoxy) is 1. The Morgan fingerprint density at radius 2 is 1.97 bits per heavy atom. The monoisotopic (exact) mass is 387 g/mol. The molecule has 0 unspecified atom stereocenters. The van der Waals surface area contributed by atoms with Crippen LogP contribution in [0, 0.1) is 6.92 Å². The number of hydrogen-bond donors (Lipinski definition) is 0. The molecule has 0 aliphatic heterocycles. The van der Waals surface area contributed by atoms with Crippen LogP contribution in [0.25, 0.3) is 33.2 Å². The number of fused-ring (bicyclic) bond motifs is 3. The number of carbonyl (C=O) groups is 1. The Kier molecular flexibility index (Phi) is 3.97. The Morgan fingerprint density at radius 3 is 2.66 bits per heavy atom. The van der Waals surface area contributed by atoms with Crippen LogP contribution in [-0.4, -0.2) is 37.6 Å². The molecule has 0 N–H and O–H groups in total. The van der Waals surface area contributed by atoms with E-state index in [4.69, 9.17) is 9.72 Å². The summed E-state index contributed by atoms with van der Waals surface area (Å²) >= 11 is 0. The van der Waals surface area contributed by atoms with Crippen LogP contribution in [0.1, 0.15) is 34.9 Å². The van der Waals surface area contributed by atoms with Gasteiger partial charge in [-0.1, -0.05) is 17.4 Å². The summed E-state index contributed by atoms with van der Waals surface area (Å²) in [5, 5.41) is 9.33. The number of aromatic nitrogens is 5. The highest BCUT2D eigenvalue weighted by Gasteiger charge is 2.22. The van der Waals surface area contributed by atoms with Gasteiger partial charge in [0.1, 0.15) is 0 Å². The second-order valence-corrected chi connectivity index (χ2v) is 7.43. The quantitative estimate of drug-likeness (QED) is 0.393. The number of hydrogen-bond acceptors (Lipinski definition) is 5. The Hall–Kier alpha value is -3.48. The fourth-order valence-corrected chi connectivity index (χ4v) is 4.34. The summed E-state index contributed by atoms with van der Waals surface area (Å²) in [5.74, 6) is -0.335. The number of allylic oxidation sites excluding steroid dienone is 2. The van der Waals surface area contributed by atoms with Crippen LogP contribution in [-0.2, 0) is 11.8 Å². The lowest BCUT2D eigenvalue weighted by Crippen LogP contribution is -2.06. The zero-order valence-electron chi connectivity index (χ0n) is 16.6. The van der Waals surface area contributed by atoms with Gasteiger partial charge in [-0.05, 0) is 44.0 Å². The summed E-state index contributed by atoms with van der Waals surface area (Å²) in [6.07, 6.45) is 8.20. The third kappa shape index (κ3) is 2.65. The zero-order valence-corrected chi connectivity index (χ0v) is 16.6. The molecular formula is C22H21N5O2. The molecule has 0 bridgehead atoms. The Labute approximate surface area is 167 Å². The maximum atomic E-state index is 12.1. The van der Waals surface area contributed by atoms with Crippen LogP contribution in [0.3, 0.4) is 0 Å². The van der Waals surface area contributed by atoms with Crippen molar-refractivity contribution in [2.75, 3.05) is 7.11 Å². The lowest BCUT2D eigenvalue weighted by atomic mass is 10.1. The highest BCUT2D eigenvalue weighted by molar-refractivity contribution is 6.08. The maximum absolute atomic E-state index is 12.1. The normalized spacial score (nSPS) is 14.3. The number of esters is 1. The third-order valence-corrected chi connectivity index (χ3v) is 5.68. The van der Waals surface area contributed by atoms with Gasteiger partial charge in [-0.3, -0.25) is 4.98 Å². The van der Waals surface area contributed by atoms with E-state index in [0.29, 0.717) is 11.6 Å². The first kappa shape index (κ1) is 17.6. The average molecular weight is 387 g/mol. The molecule has 0 saturated heterocycles. The fourth-order valence-electron chi connectivity index (χ4n) is 4.34. The standard InChI is InChI=1S/C22H21N5O2/c1-13-21(26(2)25-24-13)15-11-19-20(23-12-15)17-9-8-14(22(28)29-3)10-18(17)27(19)16-6-4-5-7-16/h4-5,8-12,16H,6-7H2,1-3H3. The van der Waals surface area contributed by atoms with E-state index in [9.17, 15) is 4.79 Å². The van der Waals surface area contributed by atoms with Crippen molar-refractivity contribution in [2.45, 2.75) is 25.8 Å². The van der Waals surface area contributed by atoms with Crippen LogP contribution in [0.2, 0.25) is 0 Å². The van der Waals surface area contributed by atoms with E-state index in [1.165, 1.54) is 7.11 Å². The first-order valence-corrected chi connectivity index (χ1v) is 9.62. The highest BCUT2D eigenvalue weighted by atomic mass is 16.5. The lowest BCUT2D eigenvalue weighted by molar-refractivity contribution is 0.0601. The molecule has 0 radical (unpaired) electrons. The lowest BCUT2D eigenvalue weighted by Gasteiger charge is -2.16. The number of rotatable bonds is 3. The molecule has 7 nitrogen and oxygen atoms in total. The van der Waals surface area contributed by atoms with Crippen molar-refractivity contribution in [3.05, 3.63) is 53.9 Å². The predicted molar refractivity (Wildman–Crippen MR) is 111 cm³/mol. The molecular weight excluding hydrogens is 366 g/mol. The summed E-state index contributed by atoms with van der Waals surface area (Å²) in [4.78, 5) is 16.9. The molecule has 1 aromatic carbocycles. The van der Waals surface area contributed by atoms with Crippen LogP contribution in [0.5, 0.6) is 0 Å². The molecule has 29 heavy (non-hydrogen) atoms. The van der Waals surface area contributed by atoms with E-state index in [0.717, 1.165) is 51.7 Å². The van der Waals surface area contributed by atoms with E-state index in [1.807, 2.05) is 32.3 Å². The topological polar surface area (TPSA) is 74.8 Å². The Morgan fingerprint density at radius 1 is 1.17 bits per heavy atom. The van der Waals surface area contributed by atoms with Gasteiger partial charge < -0.3 is 9.30 Å². The number of aryl methyl sites for hydroxylation is 2. The van der Waals surface area contributed by atoms with Gasteiger partial charge in [0, 0.05) is 30.2 Å². The van der Waals surface area contributed by atoms with E-state index in [2.05, 4.69) is 33.1 Å². The van der Waals surface area contributed by atoms with Crippen LogP contribution >= 0.6 is 0 Å². The van der Waals surface area contributed by atoms with Gasteiger partial charge in [0.2, 0.25) is 0 Å². The number of benzene rings is 1. The van der Waals surface area contributed by atoms with Crippen LogP contribution < -0.4 is 0 Å². The first-order chi connectivity index (χ1) is 14.1. The minimum absolute atomic E-state index is 0.297. The minimum Gasteiger partial charge on any atom is -0.465 e. The zero-order chi connectivity index (χ0) is 20.1. The van der Waals surface area contributed by atoms with Crippen LogP contribution in [0.15, 0.2) is 42.6 Å². The molecule has 3 aromatic heterocycles. The molecule has 1 aliphatic carbocycles. The summed E-state index contributed by atoms with van der Waals surface area (Å²) in [6, 6.07) is 8.13. The van der Waals surface area contributed by atoms with E-state index in [-0.39, 0.29) is 5.97 Å². The molecule has 0 atom stereocenters. The van der Waals surface area contributed by atoms with Crippen molar-refractivity contribution in [1.29, 1.82) is 0 Å². The number of methoxy groups -OCH3 is 1. The van der Waals surface area contributed by atoms with E-state index in [1.54, 1.807) is 10.7 Å². The number of pyridine rings is 1. The molecule has 7 heteroatoms. The minimum atomic E-state index is -0.335. The van der Waals surface area contributed by atoms with Gasteiger partial charge in [0.25, 0.3) is 0 Å². The Balaban J connectivity index is 1.81. The number of nitrogens with zero attached hydrogens (tertiary/aromatic N) is 5. The molecule has 0 saturated carbocycles. The van der Waals surface area contributed by atoms with E-state index >= 15 is 0 Å².